The van der Waals surface area contributed by atoms with E-state index in [9.17, 15) is 0 Å². The lowest BCUT2D eigenvalue weighted by atomic mass is 9.95. The molecule has 1 saturated heterocycles. The van der Waals surface area contributed by atoms with E-state index in [1.807, 2.05) is 60.7 Å². The van der Waals surface area contributed by atoms with Crippen LogP contribution >= 0.6 is 0 Å². The molecule has 3 rings (SSSR count). The molecule has 2 aromatic rings. The first-order valence-corrected chi connectivity index (χ1v) is 7.79. The molecule has 0 spiro atoms. The maximum Gasteiger partial charge on any atom is 0.222 e. The smallest absolute Gasteiger partial charge is 0.222 e. The summed E-state index contributed by atoms with van der Waals surface area (Å²) in [5.41, 5.74) is 10.4. The van der Waals surface area contributed by atoms with Gasteiger partial charge in [0, 0.05) is 22.6 Å². The SMILES string of the molecule is [N-]=[N+]=NCCC1CCOC(c2ccccc2)(c2ccccc2)O1. The monoisotopic (exact) mass is 309 g/mol. The second kappa shape index (κ2) is 7.29. The van der Waals surface area contributed by atoms with Crippen LogP contribution in [0.5, 0.6) is 0 Å². The number of rotatable bonds is 5. The summed E-state index contributed by atoms with van der Waals surface area (Å²) in [5, 5.41) is 3.62. The number of hydrogen-bond donors (Lipinski definition) is 0. The van der Waals surface area contributed by atoms with Crippen molar-refractivity contribution in [3.63, 3.8) is 0 Å². The van der Waals surface area contributed by atoms with Crippen molar-refractivity contribution >= 4 is 0 Å². The van der Waals surface area contributed by atoms with Gasteiger partial charge in [-0.05, 0) is 18.4 Å². The van der Waals surface area contributed by atoms with Gasteiger partial charge in [0.05, 0.1) is 12.7 Å². The van der Waals surface area contributed by atoms with Crippen LogP contribution in [0.1, 0.15) is 24.0 Å². The maximum absolute atomic E-state index is 8.45. The van der Waals surface area contributed by atoms with Gasteiger partial charge in [0.2, 0.25) is 5.79 Å². The number of hydrogen-bond acceptors (Lipinski definition) is 3. The Hall–Kier alpha value is -2.33. The Bertz CT molecular complexity index is 630. The van der Waals surface area contributed by atoms with Gasteiger partial charge in [-0.15, -0.1) is 0 Å². The van der Waals surface area contributed by atoms with Gasteiger partial charge in [-0.2, -0.15) is 0 Å². The fourth-order valence-corrected chi connectivity index (χ4v) is 2.90. The highest BCUT2D eigenvalue weighted by Gasteiger charge is 2.41. The third-order valence-electron chi connectivity index (χ3n) is 4.00. The van der Waals surface area contributed by atoms with Crippen LogP contribution in [0, 0.1) is 0 Å². The van der Waals surface area contributed by atoms with Gasteiger partial charge >= 0.3 is 0 Å². The van der Waals surface area contributed by atoms with Crippen molar-refractivity contribution in [2.75, 3.05) is 13.2 Å². The van der Waals surface area contributed by atoms with Gasteiger partial charge in [-0.25, -0.2) is 0 Å². The van der Waals surface area contributed by atoms with Crippen LogP contribution in [0.3, 0.4) is 0 Å². The first kappa shape index (κ1) is 15.6. The van der Waals surface area contributed by atoms with Crippen LogP contribution < -0.4 is 0 Å². The third-order valence-corrected chi connectivity index (χ3v) is 4.00. The van der Waals surface area contributed by atoms with Crippen molar-refractivity contribution in [1.82, 2.24) is 0 Å². The van der Waals surface area contributed by atoms with E-state index in [4.69, 9.17) is 15.0 Å². The summed E-state index contributed by atoms with van der Waals surface area (Å²) in [6, 6.07) is 19.9. The van der Waals surface area contributed by atoms with Crippen LogP contribution in [0.15, 0.2) is 65.8 Å². The van der Waals surface area contributed by atoms with E-state index in [0.29, 0.717) is 19.6 Å². The molecule has 1 aliphatic heterocycles. The fourth-order valence-electron chi connectivity index (χ4n) is 2.90. The van der Waals surface area contributed by atoms with Gasteiger partial charge < -0.3 is 9.47 Å². The number of nitrogens with zero attached hydrogens (tertiary/aromatic N) is 3. The van der Waals surface area contributed by atoms with Crippen molar-refractivity contribution < 1.29 is 9.47 Å². The first-order chi connectivity index (χ1) is 11.3. The molecule has 2 aromatic carbocycles. The minimum Gasteiger partial charge on any atom is -0.342 e. The summed E-state index contributed by atoms with van der Waals surface area (Å²) >= 11 is 0. The molecule has 5 nitrogen and oxygen atoms in total. The molecule has 0 aliphatic carbocycles. The van der Waals surface area contributed by atoms with Gasteiger partial charge in [0.1, 0.15) is 0 Å². The van der Waals surface area contributed by atoms with E-state index < -0.39 is 5.79 Å². The Balaban J connectivity index is 1.94. The zero-order valence-electron chi connectivity index (χ0n) is 12.8. The molecule has 0 bridgehead atoms. The molecule has 1 unspecified atom stereocenters. The second-order valence-electron chi connectivity index (χ2n) is 5.47. The topological polar surface area (TPSA) is 67.2 Å². The molecule has 5 heteroatoms. The first-order valence-electron chi connectivity index (χ1n) is 7.79. The molecule has 1 fully saturated rings. The zero-order chi connectivity index (χ0) is 16.0. The van der Waals surface area contributed by atoms with E-state index in [1.54, 1.807) is 0 Å². The van der Waals surface area contributed by atoms with Crippen molar-refractivity contribution in [2.24, 2.45) is 5.11 Å². The van der Waals surface area contributed by atoms with E-state index in [0.717, 1.165) is 17.5 Å². The fraction of sp³-hybridized carbons (Fsp3) is 0.333. The van der Waals surface area contributed by atoms with E-state index >= 15 is 0 Å². The standard InChI is InChI=1S/C18H19N3O2/c19-21-20-13-11-17-12-14-22-18(23-17,15-7-3-1-4-8-15)16-9-5-2-6-10-16/h1-10,17H,11-14H2. The average molecular weight is 309 g/mol. The number of azide groups is 1. The average Bonchev–Trinajstić information content (AvgIpc) is 2.64. The Kier molecular flexibility index (Phi) is 4.93. The van der Waals surface area contributed by atoms with Crippen LogP contribution in [-0.2, 0) is 15.3 Å². The molecule has 1 atom stereocenters. The molecule has 1 heterocycles. The highest BCUT2D eigenvalue weighted by molar-refractivity contribution is 5.34. The highest BCUT2D eigenvalue weighted by atomic mass is 16.7. The minimum absolute atomic E-state index is 0.00494. The van der Waals surface area contributed by atoms with Crippen molar-refractivity contribution in [1.29, 1.82) is 0 Å². The lowest BCUT2D eigenvalue weighted by molar-refractivity contribution is -0.278. The predicted molar refractivity (Wildman–Crippen MR) is 87.7 cm³/mol. The normalized spacial score (nSPS) is 19.7. The van der Waals surface area contributed by atoms with Crippen LogP contribution in [0.25, 0.3) is 10.4 Å². The molecule has 118 valence electrons. The van der Waals surface area contributed by atoms with Gasteiger partial charge in [-0.3, -0.25) is 0 Å². The summed E-state index contributed by atoms with van der Waals surface area (Å²) in [4.78, 5) is 2.81. The summed E-state index contributed by atoms with van der Waals surface area (Å²) in [6.07, 6.45) is 1.48. The zero-order valence-corrected chi connectivity index (χ0v) is 12.8. The van der Waals surface area contributed by atoms with Gasteiger partial charge in [0.15, 0.2) is 0 Å². The molecule has 23 heavy (non-hydrogen) atoms. The summed E-state index contributed by atoms with van der Waals surface area (Å²) in [6.45, 7) is 1.03. The Morgan fingerprint density at radius 1 is 1.04 bits per heavy atom. The Labute approximate surface area is 135 Å². The predicted octanol–water partition coefficient (Wildman–Crippen LogP) is 4.39. The highest BCUT2D eigenvalue weighted by Crippen LogP contribution is 2.40. The molecular weight excluding hydrogens is 290 g/mol. The summed E-state index contributed by atoms with van der Waals surface area (Å²) in [5.74, 6) is -0.901. The lowest BCUT2D eigenvalue weighted by Crippen LogP contribution is -2.43. The van der Waals surface area contributed by atoms with Crippen molar-refractivity contribution in [3.05, 3.63) is 82.2 Å². The molecule has 0 radical (unpaired) electrons. The molecule has 0 N–H and O–H groups in total. The lowest BCUT2D eigenvalue weighted by Gasteiger charge is -2.41. The van der Waals surface area contributed by atoms with Crippen molar-refractivity contribution in [3.8, 4) is 0 Å². The quantitative estimate of drug-likeness (QED) is 0.467. The Morgan fingerprint density at radius 3 is 2.22 bits per heavy atom. The summed E-state index contributed by atoms with van der Waals surface area (Å²) < 4.78 is 12.5. The van der Waals surface area contributed by atoms with Gasteiger partial charge in [0.25, 0.3) is 0 Å². The molecule has 1 aliphatic rings. The van der Waals surface area contributed by atoms with Crippen LogP contribution in [0.4, 0.5) is 0 Å². The van der Waals surface area contributed by atoms with E-state index in [2.05, 4.69) is 10.0 Å². The van der Waals surface area contributed by atoms with E-state index in [-0.39, 0.29) is 6.10 Å². The molecular formula is C18H19N3O2. The molecule has 0 amide bonds. The van der Waals surface area contributed by atoms with Crippen LogP contribution in [0.2, 0.25) is 0 Å². The largest absolute Gasteiger partial charge is 0.342 e. The van der Waals surface area contributed by atoms with Crippen molar-refractivity contribution in [2.45, 2.75) is 24.7 Å². The Morgan fingerprint density at radius 2 is 1.65 bits per heavy atom. The van der Waals surface area contributed by atoms with Crippen LogP contribution in [-0.4, -0.2) is 19.3 Å². The number of ether oxygens (including phenoxy) is 2. The second-order valence-corrected chi connectivity index (χ2v) is 5.47. The summed E-state index contributed by atoms with van der Waals surface area (Å²) in [7, 11) is 0. The maximum atomic E-state index is 8.45. The minimum atomic E-state index is -0.901. The molecule has 0 saturated carbocycles. The third kappa shape index (κ3) is 3.37. The van der Waals surface area contributed by atoms with Gasteiger partial charge in [-0.1, -0.05) is 65.8 Å². The number of benzene rings is 2. The van der Waals surface area contributed by atoms with E-state index in [1.165, 1.54) is 0 Å². The molecule has 0 aromatic heterocycles.